The number of cyclic esters (lactones) is 1. The Labute approximate surface area is 409 Å². The first-order chi connectivity index (χ1) is 32.0. The minimum absolute atomic E-state index is 0.0369. The molecule has 16 heteroatoms. The van der Waals surface area contributed by atoms with Gasteiger partial charge < -0.3 is 72.4 Å². The molecule has 0 amide bonds. The summed E-state index contributed by atoms with van der Waals surface area (Å²) in [4.78, 5) is 18.3. The summed E-state index contributed by atoms with van der Waals surface area (Å²) in [6.45, 7) is 11.7. The van der Waals surface area contributed by atoms with Gasteiger partial charge in [0.15, 0.2) is 5.96 Å². The van der Waals surface area contributed by atoms with Gasteiger partial charge in [-0.05, 0) is 134 Å². The van der Waals surface area contributed by atoms with E-state index in [9.17, 15) is 61.0 Å². The summed E-state index contributed by atoms with van der Waals surface area (Å²) in [5.74, 6) is -2.48. The molecule has 0 saturated heterocycles. The lowest BCUT2D eigenvalue weighted by Crippen LogP contribution is -2.41. The number of esters is 1. The number of unbranched alkanes of at least 4 members (excludes halogenated alkanes) is 3. The second kappa shape index (κ2) is 35.8. The number of carbonyl (C=O) groups excluding carboxylic acids is 1. The number of rotatable bonds is 9. The van der Waals surface area contributed by atoms with E-state index in [1.807, 2.05) is 33.8 Å². The lowest BCUT2D eigenvalue weighted by Gasteiger charge is -2.33. The molecule has 0 spiro atoms. The van der Waals surface area contributed by atoms with Crippen molar-refractivity contribution >= 4 is 11.9 Å². The van der Waals surface area contributed by atoms with Crippen molar-refractivity contribution in [1.82, 2.24) is 0 Å². The highest BCUT2D eigenvalue weighted by Crippen LogP contribution is 2.30. The molecule has 0 aromatic carbocycles. The second-order valence-corrected chi connectivity index (χ2v) is 20.6. The summed E-state index contributed by atoms with van der Waals surface area (Å²) in [6, 6.07) is 0. The van der Waals surface area contributed by atoms with E-state index in [0.29, 0.717) is 102 Å². The van der Waals surface area contributed by atoms with E-state index >= 15 is 0 Å². The molecule has 15 N–H and O–H groups in total. The third-order valence-electron chi connectivity index (χ3n) is 14.0. The average Bonchev–Trinajstić information content (AvgIpc) is 3.26. The number of nitrogens with two attached hydrogens (primary N) is 2. The third kappa shape index (κ3) is 28.0. The van der Waals surface area contributed by atoms with Gasteiger partial charge in [0, 0.05) is 24.8 Å². The maximum Gasteiger partial charge on any atom is 0.311 e. The van der Waals surface area contributed by atoms with Gasteiger partial charge in [0.1, 0.15) is 6.10 Å². The van der Waals surface area contributed by atoms with Gasteiger partial charge in [-0.2, -0.15) is 0 Å². The molecule has 0 aromatic rings. The fourth-order valence-corrected chi connectivity index (χ4v) is 9.43. The van der Waals surface area contributed by atoms with Crippen LogP contribution in [0, 0.1) is 23.7 Å². The van der Waals surface area contributed by atoms with Crippen LogP contribution in [0.5, 0.6) is 0 Å². The Bertz CT molecular complexity index is 1420. The number of hydrogen-bond donors (Lipinski definition) is 13. The number of hydrogen-bond acceptors (Lipinski definition) is 14. The number of guanidine groups is 1. The molecule has 1 rings (SSSR count). The standard InChI is InChI=1S/C52H99N3O13/c1-7-8-9-10-21-44-50(66)34(3)24-25-39(57)19-13-18-38(56)20-14-22-45(62)35(4)28-46(63)47(64)32-43(61)31-42(60)30-41(59)29-40(58)17-12-11-16-33(2)27-36(5)49(65)37(6)48(68-51(44)67)23-15-26-55-52(53)54/h27-28,34,36-50,56-66H,7-26,29-32H2,1-6H3,(H4,53,54,55). The highest BCUT2D eigenvalue weighted by molar-refractivity contribution is 5.75. The van der Waals surface area contributed by atoms with Crippen molar-refractivity contribution < 1.29 is 65.7 Å². The number of carbonyl (C=O) groups is 1. The first kappa shape index (κ1) is 63.8. The smallest absolute Gasteiger partial charge is 0.311 e. The number of aliphatic hydroxyl groups is 11. The zero-order valence-electron chi connectivity index (χ0n) is 42.7. The van der Waals surface area contributed by atoms with Crippen LogP contribution in [0.25, 0.3) is 0 Å². The minimum atomic E-state index is -1.38. The first-order valence-corrected chi connectivity index (χ1v) is 26.2. The van der Waals surface area contributed by atoms with Gasteiger partial charge in [0.25, 0.3) is 0 Å². The Hall–Kier alpha value is -2.22. The number of allylic oxidation sites excluding steroid dienone is 1. The molecule has 0 fully saturated rings. The highest BCUT2D eigenvalue weighted by Gasteiger charge is 2.36. The van der Waals surface area contributed by atoms with Crippen molar-refractivity contribution in [3.63, 3.8) is 0 Å². The SMILES string of the molecule is CCCCCCC1C(=O)OC(CCCN=C(N)N)C(C)C(O)C(C)C=C(C)CCCCC(O)CC(O)CC(O)CC(O)CC(O)C(O)C=C(C)C(O)CCCC(O)CCCC(O)CCC(C)C1O. The molecular formula is C52H99N3O13. The van der Waals surface area contributed by atoms with Gasteiger partial charge in [0.2, 0.25) is 0 Å². The molecule has 1 aliphatic rings. The van der Waals surface area contributed by atoms with Crippen LogP contribution in [-0.4, -0.2) is 148 Å². The van der Waals surface area contributed by atoms with E-state index in [2.05, 4.69) is 11.9 Å². The van der Waals surface area contributed by atoms with Crippen LogP contribution in [-0.2, 0) is 9.53 Å². The second-order valence-electron chi connectivity index (χ2n) is 20.6. The first-order valence-electron chi connectivity index (χ1n) is 26.2. The quantitative estimate of drug-likeness (QED) is 0.0495. The zero-order chi connectivity index (χ0) is 51.3. The largest absolute Gasteiger partial charge is 0.462 e. The Kier molecular flexibility index (Phi) is 33.6. The van der Waals surface area contributed by atoms with E-state index in [4.69, 9.17) is 16.2 Å². The van der Waals surface area contributed by atoms with Crippen molar-refractivity contribution in [3.05, 3.63) is 23.3 Å². The summed E-state index contributed by atoms with van der Waals surface area (Å²) in [5, 5.41) is 119. The number of aliphatic hydroxyl groups excluding tert-OH is 11. The summed E-state index contributed by atoms with van der Waals surface area (Å²) >= 11 is 0. The molecule has 0 aliphatic carbocycles. The molecule has 0 aromatic heterocycles. The molecule has 16 nitrogen and oxygen atoms in total. The number of nitrogens with zero attached hydrogens (tertiary/aromatic N) is 1. The Morgan fingerprint density at radius 1 is 0.632 bits per heavy atom. The molecule has 16 unspecified atom stereocenters. The molecule has 1 aliphatic heterocycles. The van der Waals surface area contributed by atoms with Crippen molar-refractivity contribution in [1.29, 1.82) is 0 Å². The van der Waals surface area contributed by atoms with Crippen LogP contribution in [0.3, 0.4) is 0 Å². The van der Waals surface area contributed by atoms with Gasteiger partial charge in [-0.15, -0.1) is 0 Å². The lowest BCUT2D eigenvalue weighted by molar-refractivity contribution is -0.165. The van der Waals surface area contributed by atoms with Gasteiger partial charge in [0.05, 0.1) is 73.1 Å². The van der Waals surface area contributed by atoms with Gasteiger partial charge in [-0.3, -0.25) is 9.79 Å². The van der Waals surface area contributed by atoms with Crippen LogP contribution in [0.15, 0.2) is 28.3 Å². The molecule has 16 atom stereocenters. The molecule has 0 radical (unpaired) electrons. The van der Waals surface area contributed by atoms with Crippen LogP contribution in [0.2, 0.25) is 0 Å². The lowest BCUT2D eigenvalue weighted by atomic mass is 9.84. The predicted octanol–water partition coefficient (Wildman–Crippen LogP) is 4.56. The molecule has 1 heterocycles. The highest BCUT2D eigenvalue weighted by atomic mass is 16.5. The molecule has 0 saturated carbocycles. The maximum atomic E-state index is 14.2. The van der Waals surface area contributed by atoms with Gasteiger partial charge in [-0.1, -0.05) is 77.5 Å². The fourth-order valence-electron chi connectivity index (χ4n) is 9.43. The van der Waals surface area contributed by atoms with E-state index in [1.165, 1.54) is 6.08 Å². The monoisotopic (exact) mass is 974 g/mol. The summed E-state index contributed by atoms with van der Waals surface area (Å²) in [7, 11) is 0. The summed E-state index contributed by atoms with van der Waals surface area (Å²) in [6.07, 6.45) is 2.17. The fraction of sp³-hybridized carbons (Fsp3) is 0.885. The summed E-state index contributed by atoms with van der Waals surface area (Å²) < 4.78 is 6.26. The normalized spacial score (nSPS) is 36.0. The van der Waals surface area contributed by atoms with Gasteiger partial charge in [-0.25, -0.2) is 0 Å². The van der Waals surface area contributed by atoms with Crippen molar-refractivity contribution in [2.45, 2.75) is 262 Å². The van der Waals surface area contributed by atoms with Crippen molar-refractivity contribution in [3.8, 4) is 0 Å². The molecule has 400 valence electrons. The van der Waals surface area contributed by atoms with Crippen molar-refractivity contribution in [2.75, 3.05) is 6.54 Å². The topological polar surface area (TPSA) is 313 Å². The third-order valence-corrected chi connectivity index (χ3v) is 14.0. The van der Waals surface area contributed by atoms with E-state index in [0.717, 1.165) is 37.7 Å². The van der Waals surface area contributed by atoms with Crippen LogP contribution in [0.1, 0.15) is 189 Å². The maximum absolute atomic E-state index is 14.2. The average molecular weight is 974 g/mol. The molecule has 68 heavy (non-hydrogen) atoms. The Morgan fingerprint density at radius 3 is 1.82 bits per heavy atom. The molecule has 0 bridgehead atoms. The number of aliphatic imine (C=N–C) groups is 1. The minimum Gasteiger partial charge on any atom is -0.462 e. The molecular weight excluding hydrogens is 875 g/mol. The zero-order valence-corrected chi connectivity index (χ0v) is 42.7. The Balaban J connectivity index is 3.27. The summed E-state index contributed by atoms with van der Waals surface area (Å²) in [5.41, 5.74) is 12.6. The Morgan fingerprint density at radius 2 is 1.21 bits per heavy atom. The predicted molar refractivity (Wildman–Crippen MR) is 267 cm³/mol. The van der Waals surface area contributed by atoms with Crippen LogP contribution >= 0.6 is 0 Å². The van der Waals surface area contributed by atoms with Crippen molar-refractivity contribution in [2.24, 2.45) is 40.1 Å². The van der Waals surface area contributed by atoms with E-state index in [1.54, 1.807) is 6.92 Å². The van der Waals surface area contributed by atoms with Crippen LogP contribution in [0.4, 0.5) is 0 Å². The van der Waals surface area contributed by atoms with Crippen LogP contribution < -0.4 is 11.5 Å². The number of ether oxygens (including phenoxy) is 1. The van der Waals surface area contributed by atoms with Gasteiger partial charge >= 0.3 is 5.97 Å². The van der Waals surface area contributed by atoms with E-state index < -0.39 is 91.1 Å². The van der Waals surface area contributed by atoms with E-state index in [-0.39, 0.29) is 43.5 Å².